The second-order valence-electron chi connectivity index (χ2n) is 4.81. The molecule has 2 heterocycles. The second-order valence-corrected chi connectivity index (χ2v) is 5.82. The third-order valence-electron chi connectivity index (χ3n) is 2.85. The van der Waals surface area contributed by atoms with Crippen LogP contribution < -0.4 is 4.90 Å². The molecule has 0 radical (unpaired) electrons. The Labute approximate surface area is 106 Å². The van der Waals surface area contributed by atoms with Crippen molar-refractivity contribution in [2.24, 2.45) is 0 Å². The SMILES string of the molecule is CCc1nc(N2CCOC(C)(C)C2)sc1C=O. The maximum Gasteiger partial charge on any atom is 0.186 e. The van der Waals surface area contributed by atoms with Crippen LogP contribution in [0, 0.1) is 0 Å². The minimum Gasteiger partial charge on any atom is -0.372 e. The van der Waals surface area contributed by atoms with Crippen molar-refractivity contribution in [2.75, 3.05) is 24.6 Å². The Balaban J connectivity index is 2.22. The molecule has 17 heavy (non-hydrogen) atoms. The quantitative estimate of drug-likeness (QED) is 0.775. The van der Waals surface area contributed by atoms with Crippen LogP contribution in [0.3, 0.4) is 0 Å². The van der Waals surface area contributed by atoms with Crippen LogP contribution in [0.15, 0.2) is 0 Å². The first kappa shape index (κ1) is 12.5. The van der Waals surface area contributed by atoms with Crippen molar-refractivity contribution >= 4 is 22.8 Å². The highest BCUT2D eigenvalue weighted by Crippen LogP contribution is 2.29. The summed E-state index contributed by atoms with van der Waals surface area (Å²) in [4.78, 5) is 18.4. The summed E-state index contributed by atoms with van der Waals surface area (Å²) in [5.74, 6) is 0. The van der Waals surface area contributed by atoms with E-state index in [2.05, 4.69) is 23.7 Å². The molecule has 1 aromatic heterocycles. The Kier molecular flexibility index (Phi) is 3.49. The molecule has 2 rings (SSSR count). The maximum absolute atomic E-state index is 10.9. The van der Waals surface area contributed by atoms with Gasteiger partial charge in [0.15, 0.2) is 11.4 Å². The third-order valence-corrected chi connectivity index (χ3v) is 3.94. The molecule has 1 aliphatic heterocycles. The summed E-state index contributed by atoms with van der Waals surface area (Å²) >= 11 is 1.48. The number of rotatable bonds is 3. The number of carbonyl (C=O) groups excluding carboxylic acids is 1. The third kappa shape index (κ3) is 2.66. The number of hydrogen-bond acceptors (Lipinski definition) is 5. The van der Waals surface area contributed by atoms with Gasteiger partial charge in [-0.2, -0.15) is 0 Å². The van der Waals surface area contributed by atoms with Crippen LogP contribution >= 0.6 is 11.3 Å². The number of ether oxygens (including phenoxy) is 1. The summed E-state index contributed by atoms with van der Waals surface area (Å²) < 4.78 is 5.67. The molecule has 0 atom stereocenters. The van der Waals surface area contributed by atoms with Gasteiger partial charge in [-0.1, -0.05) is 18.3 Å². The van der Waals surface area contributed by atoms with E-state index in [1.807, 2.05) is 6.92 Å². The molecule has 0 N–H and O–H groups in total. The molecule has 0 unspecified atom stereocenters. The zero-order valence-electron chi connectivity index (χ0n) is 10.5. The highest BCUT2D eigenvalue weighted by molar-refractivity contribution is 7.17. The van der Waals surface area contributed by atoms with E-state index in [0.717, 1.165) is 41.5 Å². The molecule has 0 spiro atoms. The minimum absolute atomic E-state index is 0.141. The highest BCUT2D eigenvalue weighted by Gasteiger charge is 2.29. The van der Waals surface area contributed by atoms with Crippen molar-refractivity contribution in [3.8, 4) is 0 Å². The summed E-state index contributed by atoms with van der Waals surface area (Å²) in [5.41, 5.74) is 0.766. The predicted octanol–water partition coefficient (Wildman–Crippen LogP) is 2.13. The molecule has 0 bridgehead atoms. The number of nitrogens with zero attached hydrogens (tertiary/aromatic N) is 2. The first-order valence-electron chi connectivity index (χ1n) is 5.89. The number of aldehydes is 1. The van der Waals surface area contributed by atoms with E-state index in [1.165, 1.54) is 11.3 Å². The molecular formula is C12H18N2O2S. The average Bonchev–Trinajstić information content (AvgIpc) is 2.70. The first-order valence-corrected chi connectivity index (χ1v) is 6.71. The molecule has 5 heteroatoms. The zero-order valence-corrected chi connectivity index (χ0v) is 11.3. The largest absolute Gasteiger partial charge is 0.372 e. The average molecular weight is 254 g/mol. The topological polar surface area (TPSA) is 42.4 Å². The van der Waals surface area contributed by atoms with Gasteiger partial charge in [0.05, 0.1) is 22.8 Å². The summed E-state index contributed by atoms with van der Waals surface area (Å²) in [6, 6.07) is 0. The lowest BCUT2D eigenvalue weighted by atomic mass is 10.1. The fourth-order valence-electron chi connectivity index (χ4n) is 2.01. The Morgan fingerprint density at radius 1 is 1.59 bits per heavy atom. The second kappa shape index (κ2) is 4.74. The lowest BCUT2D eigenvalue weighted by molar-refractivity contribution is -0.0277. The number of carbonyl (C=O) groups is 1. The van der Waals surface area contributed by atoms with Crippen molar-refractivity contribution in [3.63, 3.8) is 0 Å². The van der Waals surface area contributed by atoms with E-state index in [4.69, 9.17) is 4.74 Å². The van der Waals surface area contributed by atoms with Gasteiger partial charge in [0.25, 0.3) is 0 Å². The molecule has 4 nitrogen and oxygen atoms in total. The summed E-state index contributed by atoms with van der Waals surface area (Å²) in [6.07, 6.45) is 1.71. The van der Waals surface area contributed by atoms with Crippen molar-refractivity contribution in [1.29, 1.82) is 0 Å². The Bertz CT molecular complexity index is 415. The first-order chi connectivity index (χ1) is 8.05. The highest BCUT2D eigenvalue weighted by atomic mass is 32.1. The van der Waals surface area contributed by atoms with Gasteiger partial charge in [-0.05, 0) is 20.3 Å². The van der Waals surface area contributed by atoms with Crippen LogP contribution in [-0.2, 0) is 11.2 Å². The number of aromatic nitrogens is 1. The van der Waals surface area contributed by atoms with Crippen molar-refractivity contribution < 1.29 is 9.53 Å². The van der Waals surface area contributed by atoms with Crippen molar-refractivity contribution in [2.45, 2.75) is 32.8 Å². The van der Waals surface area contributed by atoms with Crippen LogP contribution in [-0.4, -0.2) is 36.6 Å². The maximum atomic E-state index is 10.9. The molecule has 1 aromatic rings. The van der Waals surface area contributed by atoms with Crippen molar-refractivity contribution in [3.05, 3.63) is 10.6 Å². The van der Waals surface area contributed by atoms with Gasteiger partial charge in [0, 0.05) is 13.1 Å². The molecule has 1 aliphatic rings. The van der Waals surface area contributed by atoms with Crippen LogP contribution in [0.4, 0.5) is 5.13 Å². The molecule has 0 amide bonds. The van der Waals surface area contributed by atoms with Gasteiger partial charge >= 0.3 is 0 Å². The minimum atomic E-state index is -0.141. The normalized spacial score (nSPS) is 19.4. The predicted molar refractivity (Wildman–Crippen MR) is 69.1 cm³/mol. The van der Waals surface area contributed by atoms with Crippen LogP contribution in [0.25, 0.3) is 0 Å². The smallest absolute Gasteiger partial charge is 0.186 e. The van der Waals surface area contributed by atoms with Crippen molar-refractivity contribution in [1.82, 2.24) is 4.98 Å². The molecule has 0 saturated carbocycles. The fourth-order valence-corrected chi connectivity index (χ4v) is 3.00. The Morgan fingerprint density at radius 3 is 2.88 bits per heavy atom. The van der Waals surface area contributed by atoms with Gasteiger partial charge in [-0.3, -0.25) is 4.79 Å². The number of thiazole rings is 1. The van der Waals surface area contributed by atoms with Crippen LogP contribution in [0.5, 0.6) is 0 Å². The fraction of sp³-hybridized carbons (Fsp3) is 0.667. The summed E-state index contributed by atoms with van der Waals surface area (Å²) in [7, 11) is 0. The molecule has 1 saturated heterocycles. The van der Waals surface area contributed by atoms with Gasteiger partial charge in [-0.15, -0.1) is 0 Å². The molecular weight excluding hydrogens is 236 g/mol. The van der Waals surface area contributed by atoms with E-state index < -0.39 is 0 Å². The van der Waals surface area contributed by atoms with E-state index in [9.17, 15) is 4.79 Å². The van der Waals surface area contributed by atoms with Crippen LogP contribution in [0.1, 0.15) is 36.1 Å². The zero-order chi connectivity index (χ0) is 12.5. The lowest BCUT2D eigenvalue weighted by Gasteiger charge is -2.37. The van der Waals surface area contributed by atoms with E-state index in [0.29, 0.717) is 6.61 Å². The number of anilines is 1. The number of aryl methyl sites for hydroxylation is 1. The summed E-state index contributed by atoms with van der Waals surface area (Å²) in [6.45, 7) is 8.56. The standard InChI is InChI=1S/C12H18N2O2S/c1-4-9-10(7-15)17-11(13-9)14-5-6-16-12(2,3)8-14/h7H,4-6,8H2,1-3H3. The lowest BCUT2D eigenvalue weighted by Crippen LogP contribution is -2.48. The van der Waals surface area contributed by atoms with E-state index >= 15 is 0 Å². The molecule has 1 fully saturated rings. The molecule has 94 valence electrons. The van der Waals surface area contributed by atoms with E-state index in [-0.39, 0.29) is 5.60 Å². The van der Waals surface area contributed by atoms with E-state index in [1.54, 1.807) is 0 Å². The Hall–Kier alpha value is -0.940. The van der Waals surface area contributed by atoms with Gasteiger partial charge in [0.2, 0.25) is 0 Å². The van der Waals surface area contributed by atoms with Gasteiger partial charge in [0.1, 0.15) is 0 Å². The van der Waals surface area contributed by atoms with Crippen LogP contribution in [0.2, 0.25) is 0 Å². The number of morpholine rings is 1. The molecule has 0 aromatic carbocycles. The van der Waals surface area contributed by atoms with Gasteiger partial charge < -0.3 is 9.64 Å². The molecule has 0 aliphatic carbocycles. The van der Waals surface area contributed by atoms with Gasteiger partial charge in [-0.25, -0.2) is 4.98 Å². The number of hydrogen-bond donors (Lipinski definition) is 0. The monoisotopic (exact) mass is 254 g/mol. The summed E-state index contributed by atoms with van der Waals surface area (Å²) in [5, 5.41) is 0.945. The Morgan fingerprint density at radius 2 is 2.35 bits per heavy atom.